The summed E-state index contributed by atoms with van der Waals surface area (Å²) in [5.74, 6) is 2.07. The number of guanidine groups is 1. The average molecular weight is 419 g/mol. The zero-order chi connectivity index (χ0) is 21.4. The number of hydrogen-bond donors (Lipinski definition) is 1. The van der Waals surface area contributed by atoms with Crippen LogP contribution in [0.4, 0.5) is 0 Å². The lowest BCUT2D eigenvalue weighted by Crippen LogP contribution is -2.43. The minimum atomic E-state index is -0.262. The Kier molecular flexibility index (Phi) is 7.58. The van der Waals surface area contributed by atoms with Crippen molar-refractivity contribution < 1.29 is 4.58 Å². The molecule has 0 fully saturated rings. The quantitative estimate of drug-likeness (QED) is 0.200. The van der Waals surface area contributed by atoms with Gasteiger partial charge in [0, 0.05) is 5.75 Å². The smallest absolute Gasteiger partial charge is 0.277 e. The van der Waals surface area contributed by atoms with Crippen molar-refractivity contribution in [2.45, 2.75) is 4.75 Å². The molecule has 3 rings (SSSR count). The van der Waals surface area contributed by atoms with Gasteiger partial charge in [-0.15, -0.1) is 11.8 Å². The van der Waals surface area contributed by atoms with E-state index in [1.165, 1.54) is 16.7 Å². The molecule has 0 saturated carbocycles. The number of thioether (sulfide) groups is 1. The molecule has 3 nitrogen and oxygen atoms in total. The van der Waals surface area contributed by atoms with E-state index in [1.54, 1.807) is 0 Å². The second kappa shape index (κ2) is 10.4. The van der Waals surface area contributed by atoms with E-state index >= 15 is 0 Å². The Hall–Kier alpha value is -2.72. The minimum absolute atomic E-state index is 0.262. The molecular formula is C26H32N3S+. The van der Waals surface area contributed by atoms with Crippen LogP contribution in [0.1, 0.15) is 16.7 Å². The van der Waals surface area contributed by atoms with Gasteiger partial charge in [-0.05, 0) is 16.7 Å². The first kappa shape index (κ1) is 22.0. The number of nitrogens with zero attached hydrogens (tertiary/aromatic N) is 2. The number of benzene rings is 3. The molecule has 3 aromatic rings. The Morgan fingerprint density at radius 3 is 1.50 bits per heavy atom. The molecule has 0 aliphatic heterocycles. The van der Waals surface area contributed by atoms with Gasteiger partial charge in [0.25, 0.3) is 0 Å². The maximum Gasteiger partial charge on any atom is 0.347 e. The highest BCUT2D eigenvalue weighted by molar-refractivity contribution is 8.00. The molecule has 0 amide bonds. The second-order valence-electron chi connectivity index (χ2n) is 7.67. The van der Waals surface area contributed by atoms with Crippen molar-refractivity contribution in [3.05, 3.63) is 108 Å². The molecule has 0 aliphatic carbocycles. The highest BCUT2D eigenvalue weighted by Crippen LogP contribution is 2.48. The van der Waals surface area contributed by atoms with E-state index in [-0.39, 0.29) is 4.75 Å². The lowest BCUT2D eigenvalue weighted by molar-refractivity contribution is -0.472. The predicted molar refractivity (Wildman–Crippen MR) is 130 cm³/mol. The van der Waals surface area contributed by atoms with E-state index in [0.717, 1.165) is 18.3 Å². The van der Waals surface area contributed by atoms with E-state index in [2.05, 4.69) is 134 Å². The van der Waals surface area contributed by atoms with Crippen LogP contribution in [0.15, 0.2) is 91.0 Å². The van der Waals surface area contributed by atoms with Crippen LogP contribution in [0.3, 0.4) is 0 Å². The SMILES string of the molecule is CN(C)C(NCCSC(c1ccccc1)(c1ccccc1)c1ccccc1)=[N+](C)C. The van der Waals surface area contributed by atoms with Crippen LogP contribution in [-0.2, 0) is 4.75 Å². The number of nitrogens with one attached hydrogen (secondary N) is 1. The summed E-state index contributed by atoms with van der Waals surface area (Å²) in [5.41, 5.74) is 3.91. The molecule has 0 spiro atoms. The van der Waals surface area contributed by atoms with Crippen molar-refractivity contribution in [3.63, 3.8) is 0 Å². The fourth-order valence-electron chi connectivity index (χ4n) is 3.85. The highest BCUT2D eigenvalue weighted by Gasteiger charge is 2.36. The standard InChI is InChI=1S/C26H31N3S/c1-28(2)25(29(3)4)27-20-21-30-26(22-14-8-5-9-15-22,23-16-10-6-11-17-23)24-18-12-7-13-19-24/h5-19H,20-21H2,1-4H3/p+1. The van der Waals surface area contributed by atoms with Crippen LogP contribution in [0.2, 0.25) is 0 Å². The zero-order valence-electron chi connectivity index (χ0n) is 18.4. The van der Waals surface area contributed by atoms with Crippen LogP contribution >= 0.6 is 11.8 Å². The maximum absolute atomic E-state index is 3.59. The molecule has 1 N–H and O–H groups in total. The molecular weight excluding hydrogens is 386 g/mol. The van der Waals surface area contributed by atoms with Crippen molar-refractivity contribution >= 4 is 17.7 Å². The third-order valence-electron chi connectivity index (χ3n) is 5.09. The molecule has 156 valence electrons. The molecule has 0 atom stereocenters. The normalized spacial score (nSPS) is 11.1. The van der Waals surface area contributed by atoms with Gasteiger partial charge in [-0.1, -0.05) is 91.0 Å². The second-order valence-corrected chi connectivity index (χ2v) is 8.98. The molecule has 0 aromatic heterocycles. The molecule has 4 heteroatoms. The van der Waals surface area contributed by atoms with Crippen LogP contribution in [0.25, 0.3) is 0 Å². The van der Waals surface area contributed by atoms with Gasteiger partial charge < -0.3 is 0 Å². The Morgan fingerprint density at radius 1 is 0.767 bits per heavy atom. The van der Waals surface area contributed by atoms with Crippen LogP contribution in [0.5, 0.6) is 0 Å². The van der Waals surface area contributed by atoms with Gasteiger partial charge >= 0.3 is 5.96 Å². The Labute approximate surface area is 185 Å². The molecule has 0 unspecified atom stereocenters. The largest absolute Gasteiger partial charge is 0.347 e. The number of hydrogen-bond acceptors (Lipinski definition) is 1. The van der Waals surface area contributed by atoms with Crippen molar-refractivity contribution in [1.29, 1.82) is 0 Å². The van der Waals surface area contributed by atoms with E-state index in [4.69, 9.17) is 0 Å². The maximum atomic E-state index is 3.59. The van der Waals surface area contributed by atoms with Crippen molar-refractivity contribution in [1.82, 2.24) is 10.2 Å². The summed E-state index contributed by atoms with van der Waals surface area (Å²) in [7, 11) is 8.27. The summed E-state index contributed by atoms with van der Waals surface area (Å²) >= 11 is 1.98. The number of rotatable bonds is 7. The Bertz CT molecular complexity index is 837. The first-order chi connectivity index (χ1) is 14.6. The Balaban J connectivity index is 1.99. The predicted octanol–water partition coefficient (Wildman–Crippen LogP) is 4.49. The molecule has 0 bridgehead atoms. The monoisotopic (exact) mass is 418 g/mol. The van der Waals surface area contributed by atoms with E-state index in [0.29, 0.717) is 0 Å². The molecule has 0 radical (unpaired) electrons. The van der Waals surface area contributed by atoms with Gasteiger partial charge in [-0.2, -0.15) is 0 Å². The van der Waals surface area contributed by atoms with Crippen molar-refractivity contribution in [3.8, 4) is 0 Å². The summed E-state index contributed by atoms with van der Waals surface area (Å²) in [6.45, 7) is 0.880. The molecule has 30 heavy (non-hydrogen) atoms. The third-order valence-corrected chi connectivity index (χ3v) is 6.64. The van der Waals surface area contributed by atoms with E-state index in [9.17, 15) is 0 Å². The van der Waals surface area contributed by atoms with E-state index < -0.39 is 0 Å². The zero-order valence-corrected chi connectivity index (χ0v) is 19.2. The Morgan fingerprint density at radius 2 is 1.17 bits per heavy atom. The van der Waals surface area contributed by atoms with Crippen molar-refractivity contribution in [2.24, 2.45) is 0 Å². The fourth-order valence-corrected chi connectivity index (χ4v) is 5.27. The van der Waals surface area contributed by atoms with Gasteiger partial charge in [0.1, 0.15) is 0 Å². The van der Waals surface area contributed by atoms with Crippen LogP contribution in [0, 0.1) is 0 Å². The molecule has 0 saturated heterocycles. The first-order valence-corrected chi connectivity index (χ1v) is 11.3. The summed E-state index contributed by atoms with van der Waals surface area (Å²) in [6, 6.07) is 32.6. The van der Waals surface area contributed by atoms with E-state index in [1.807, 2.05) is 11.8 Å². The molecule has 0 aliphatic rings. The summed E-state index contributed by atoms with van der Waals surface area (Å²) in [6.07, 6.45) is 0. The average Bonchev–Trinajstić information content (AvgIpc) is 2.78. The lowest BCUT2D eigenvalue weighted by atomic mass is 9.84. The minimum Gasteiger partial charge on any atom is -0.277 e. The van der Waals surface area contributed by atoms with Crippen molar-refractivity contribution in [2.75, 3.05) is 40.5 Å². The third kappa shape index (κ3) is 4.88. The highest BCUT2D eigenvalue weighted by atomic mass is 32.2. The fraction of sp³-hybridized carbons (Fsp3) is 0.269. The van der Waals surface area contributed by atoms with Gasteiger partial charge in [-0.3, -0.25) is 14.8 Å². The summed E-state index contributed by atoms with van der Waals surface area (Å²) in [4.78, 5) is 2.11. The first-order valence-electron chi connectivity index (χ1n) is 10.3. The van der Waals surface area contributed by atoms with Gasteiger partial charge in [0.05, 0.1) is 39.5 Å². The topological polar surface area (TPSA) is 18.3 Å². The molecule has 3 aromatic carbocycles. The van der Waals surface area contributed by atoms with Gasteiger partial charge in [0.15, 0.2) is 0 Å². The summed E-state index contributed by atoms with van der Waals surface area (Å²) in [5, 5.41) is 3.59. The summed E-state index contributed by atoms with van der Waals surface area (Å²) < 4.78 is 1.85. The van der Waals surface area contributed by atoms with Gasteiger partial charge in [0.2, 0.25) is 0 Å². The lowest BCUT2D eigenvalue weighted by Gasteiger charge is -2.35. The van der Waals surface area contributed by atoms with Crippen LogP contribution in [-0.4, -0.2) is 55.9 Å². The van der Waals surface area contributed by atoms with Crippen LogP contribution < -0.4 is 5.32 Å². The molecule has 0 heterocycles. The van der Waals surface area contributed by atoms with Gasteiger partial charge in [-0.25, -0.2) is 0 Å².